The van der Waals surface area contributed by atoms with Gasteiger partial charge in [0.15, 0.2) is 0 Å². The van der Waals surface area contributed by atoms with Crippen molar-refractivity contribution in [1.82, 2.24) is 10.3 Å². The highest BCUT2D eigenvalue weighted by Gasteiger charge is 2.18. The molecule has 1 aromatic rings. The molecule has 1 unspecified atom stereocenters. The first-order chi connectivity index (χ1) is 9.79. The van der Waals surface area contributed by atoms with Crippen molar-refractivity contribution in [2.75, 3.05) is 12.3 Å². The average Bonchev–Trinajstić information content (AvgIpc) is 2.97. The maximum absolute atomic E-state index is 6.23. The molecule has 112 valence electrons. The summed E-state index contributed by atoms with van der Waals surface area (Å²) in [5, 5.41) is 5.35. The van der Waals surface area contributed by atoms with Crippen LogP contribution in [-0.4, -0.2) is 28.6 Å². The zero-order chi connectivity index (χ0) is 14.2. The summed E-state index contributed by atoms with van der Waals surface area (Å²) in [5.41, 5.74) is 1.21. The summed E-state index contributed by atoms with van der Waals surface area (Å²) in [6, 6.07) is 2.56. The zero-order valence-corrected chi connectivity index (χ0v) is 13.8. The van der Waals surface area contributed by atoms with Crippen molar-refractivity contribution in [1.29, 1.82) is 0 Å². The third-order valence-corrected chi connectivity index (χ3v) is 5.72. The maximum atomic E-state index is 6.23. The second-order valence-corrected chi connectivity index (χ2v) is 7.30. The smallest absolute Gasteiger partial charge is 0.0621 e. The summed E-state index contributed by atoms with van der Waals surface area (Å²) < 4.78 is 0. The van der Waals surface area contributed by atoms with Crippen molar-refractivity contribution in [3.8, 4) is 0 Å². The van der Waals surface area contributed by atoms with Crippen molar-refractivity contribution in [3.63, 3.8) is 0 Å². The van der Waals surface area contributed by atoms with Crippen molar-refractivity contribution in [2.45, 2.75) is 56.7 Å². The molecule has 1 heterocycles. The second-order valence-electron chi connectivity index (χ2n) is 5.56. The van der Waals surface area contributed by atoms with Crippen LogP contribution in [0.15, 0.2) is 18.5 Å². The molecule has 0 saturated heterocycles. The Morgan fingerprint density at radius 1 is 1.45 bits per heavy atom. The molecule has 1 atom stereocenters. The summed E-state index contributed by atoms with van der Waals surface area (Å²) in [6.45, 7) is 3.30. The lowest BCUT2D eigenvalue weighted by atomic mass is 10.1. The highest BCUT2D eigenvalue weighted by atomic mass is 35.5. The molecule has 4 heteroatoms. The van der Waals surface area contributed by atoms with Crippen LogP contribution in [0.1, 0.15) is 44.6 Å². The van der Waals surface area contributed by atoms with Crippen LogP contribution >= 0.6 is 23.4 Å². The quantitative estimate of drug-likeness (QED) is 0.773. The van der Waals surface area contributed by atoms with Crippen LogP contribution in [0.3, 0.4) is 0 Å². The number of pyridine rings is 1. The van der Waals surface area contributed by atoms with Crippen LogP contribution in [0.25, 0.3) is 0 Å². The Kier molecular flexibility index (Phi) is 7.18. The minimum atomic E-state index is 0.514. The highest BCUT2D eigenvalue weighted by molar-refractivity contribution is 7.99. The maximum Gasteiger partial charge on any atom is 0.0621 e. The molecule has 1 fully saturated rings. The highest BCUT2D eigenvalue weighted by Crippen LogP contribution is 2.30. The van der Waals surface area contributed by atoms with Gasteiger partial charge in [-0.3, -0.25) is 4.98 Å². The zero-order valence-electron chi connectivity index (χ0n) is 12.3. The van der Waals surface area contributed by atoms with Crippen molar-refractivity contribution < 1.29 is 0 Å². The molecular formula is C16H25ClN2S. The molecule has 1 saturated carbocycles. The average molecular weight is 313 g/mol. The predicted molar refractivity (Wildman–Crippen MR) is 89.7 cm³/mol. The number of rotatable bonds is 8. The van der Waals surface area contributed by atoms with Crippen LogP contribution < -0.4 is 5.32 Å². The Labute approximate surface area is 132 Å². The van der Waals surface area contributed by atoms with E-state index in [2.05, 4.69) is 29.0 Å². The molecule has 0 radical (unpaired) electrons. The molecule has 0 amide bonds. The number of aromatic nitrogens is 1. The van der Waals surface area contributed by atoms with Gasteiger partial charge < -0.3 is 5.32 Å². The van der Waals surface area contributed by atoms with Crippen LogP contribution in [0.5, 0.6) is 0 Å². The van der Waals surface area contributed by atoms with Gasteiger partial charge in [-0.05, 0) is 43.9 Å². The fourth-order valence-corrected chi connectivity index (χ4v) is 4.28. The minimum Gasteiger partial charge on any atom is -0.313 e. The lowest BCUT2D eigenvalue weighted by Crippen LogP contribution is -2.34. The largest absolute Gasteiger partial charge is 0.313 e. The second kappa shape index (κ2) is 8.91. The van der Waals surface area contributed by atoms with Crippen LogP contribution in [0.4, 0.5) is 0 Å². The fourth-order valence-electron chi connectivity index (χ4n) is 2.68. The molecule has 20 heavy (non-hydrogen) atoms. The molecule has 1 aliphatic carbocycles. The Morgan fingerprint density at radius 3 is 2.95 bits per heavy atom. The van der Waals surface area contributed by atoms with Gasteiger partial charge in [0, 0.05) is 29.4 Å². The summed E-state index contributed by atoms with van der Waals surface area (Å²) in [7, 11) is 0. The Morgan fingerprint density at radius 2 is 2.25 bits per heavy atom. The molecule has 2 nitrogen and oxygen atoms in total. The lowest BCUT2D eigenvalue weighted by molar-refractivity contribution is 0.549. The monoisotopic (exact) mass is 312 g/mol. The number of hydrogen-bond acceptors (Lipinski definition) is 3. The lowest BCUT2D eigenvalue weighted by Gasteiger charge is -2.20. The first-order valence-corrected chi connectivity index (χ1v) is 9.15. The van der Waals surface area contributed by atoms with E-state index in [4.69, 9.17) is 11.6 Å². The SMILES string of the molecule is CCCNC(CSC1CCCC1)Cc1ccncc1Cl. The van der Waals surface area contributed by atoms with Crippen molar-refractivity contribution >= 4 is 23.4 Å². The number of thioether (sulfide) groups is 1. The molecule has 1 aromatic heterocycles. The summed E-state index contributed by atoms with van der Waals surface area (Å²) in [6.07, 6.45) is 11.4. The van der Waals surface area contributed by atoms with Crippen molar-refractivity contribution in [3.05, 3.63) is 29.0 Å². The first-order valence-electron chi connectivity index (χ1n) is 7.73. The van der Waals surface area contributed by atoms with Gasteiger partial charge in [0.2, 0.25) is 0 Å². The number of nitrogens with one attached hydrogen (secondary N) is 1. The summed E-state index contributed by atoms with van der Waals surface area (Å²) >= 11 is 8.38. The minimum absolute atomic E-state index is 0.514. The van der Waals surface area contributed by atoms with E-state index in [0.717, 1.165) is 23.2 Å². The predicted octanol–water partition coefficient (Wildman–Crippen LogP) is 4.32. The van der Waals surface area contributed by atoms with Gasteiger partial charge in [0.05, 0.1) is 5.02 Å². The molecule has 0 bridgehead atoms. The van der Waals surface area contributed by atoms with Gasteiger partial charge in [-0.25, -0.2) is 0 Å². The van der Waals surface area contributed by atoms with E-state index in [1.165, 1.54) is 43.4 Å². The molecule has 0 aromatic carbocycles. The third kappa shape index (κ3) is 5.27. The van der Waals surface area contributed by atoms with E-state index in [0.29, 0.717) is 6.04 Å². The van der Waals surface area contributed by atoms with Gasteiger partial charge in [-0.1, -0.05) is 31.4 Å². The fraction of sp³-hybridized carbons (Fsp3) is 0.688. The molecule has 1 N–H and O–H groups in total. The topological polar surface area (TPSA) is 24.9 Å². The van der Waals surface area contributed by atoms with E-state index < -0.39 is 0 Å². The van der Waals surface area contributed by atoms with Gasteiger partial charge >= 0.3 is 0 Å². The molecule has 0 aliphatic heterocycles. The van der Waals surface area contributed by atoms with E-state index in [9.17, 15) is 0 Å². The van der Waals surface area contributed by atoms with Crippen molar-refractivity contribution in [2.24, 2.45) is 0 Å². The Hall–Kier alpha value is -0.250. The summed E-state index contributed by atoms with van der Waals surface area (Å²) in [5.74, 6) is 1.18. The van der Waals surface area contributed by atoms with E-state index in [1.54, 1.807) is 6.20 Å². The number of halogens is 1. The molecule has 1 aliphatic rings. The van der Waals surface area contributed by atoms with Gasteiger partial charge in [-0.15, -0.1) is 0 Å². The van der Waals surface area contributed by atoms with Crippen LogP contribution in [-0.2, 0) is 6.42 Å². The standard InChI is InChI=1S/C16H25ClN2S/c1-2-8-19-14(12-20-15-5-3-4-6-15)10-13-7-9-18-11-16(13)17/h7,9,11,14-15,19H,2-6,8,10,12H2,1H3. The van der Waals surface area contributed by atoms with Gasteiger partial charge in [0.1, 0.15) is 0 Å². The van der Waals surface area contributed by atoms with E-state index in [1.807, 2.05) is 12.3 Å². The van der Waals surface area contributed by atoms with Gasteiger partial charge in [-0.2, -0.15) is 11.8 Å². The van der Waals surface area contributed by atoms with E-state index >= 15 is 0 Å². The van der Waals surface area contributed by atoms with Crippen LogP contribution in [0, 0.1) is 0 Å². The normalized spacial score (nSPS) is 17.5. The van der Waals surface area contributed by atoms with Gasteiger partial charge in [0.25, 0.3) is 0 Å². The Bertz CT molecular complexity index is 394. The number of hydrogen-bond donors (Lipinski definition) is 1. The first kappa shape index (κ1) is 16.1. The molecule has 2 rings (SSSR count). The van der Waals surface area contributed by atoms with Crippen LogP contribution in [0.2, 0.25) is 5.02 Å². The van der Waals surface area contributed by atoms with E-state index in [-0.39, 0.29) is 0 Å². The molecular weight excluding hydrogens is 288 g/mol. The third-order valence-electron chi connectivity index (χ3n) is 3.84. The Balaban J connectivity index is 1.87. The number of nitrogens with zero attached hydrogens (tertiary/aromatic N) is 1. The molecule has 0 spiro atoms. The summed E-state index contributed by atoms with van der Waals surface area (Å²) in [4.78, 5) is 4.07.